The fourth-order valence-electron chi connectivity index (χ4n) is 2.81. The lowest BCUT2D eigenvalue weighted by Crippen LogP contribution is -2.24. The van der Waals surface area contributed by atoms with Crippen molar-refractivity contribution in [3.05, 3.63) is 64.2 Å². The van der Waals surface area contributed by atoms with Gasteiger partial charge in [0.15, 0.2) is 0 Å². The number of carbonyl (C=O) groups excluding carboxylic acids is 1. The lowest BCUT2D eigenvalue weighted by molar-refractivity contribution is 0.0600. The smallest absolute Gasteiger partial charge is 0.337 e. The molecule has 0 atom stereocenters. The molecule has 6 nitrogen and oxygen atoms in total. The third-order valence-corrected chi connectivity index (χ3v) is 4.19. The number of esters is 1. The van der Waals surface area contributed by atoms with E-state index in [0.29, 0.717) is 33.7 Å². The molecule has 140 valence electrons. The number of methoxy groups -OCH3 is 1. The Morgan fingerprint density at radius 2 is 1.96 bits per heavy atom. The highest BCUT2D eigenvalue weighted by Crippen LogP contribution is 2.27. The van der Waals surface area contributed by atoms with E-state index in [1.54, 1.807) is 36.4 Å². The Labute approximate surface area is 161 Å². The largest absolute Gasteiger partial charge is 0.489 e. The Hall–Kier alpha value is -2.86. The van der Waals surface area contributed by atoms with Gasteiger partial charge in [0.1, 0.15) is 11.6 Å². The van der Waals surface area contributed by atoms with Crippen LogP contribution in [0.25, 0.3) is 16.6 Å². The van der Waals surface area contributed by atoms with E-state index in [0.717, 1.165) is 0 Å². The second-order valence-corrected chi connectivity index (χ2v) is 6.43. The van der Waals surface area contributed by atoms with Crippen LogP contribution in [0.15, 0.2) is 47.3 Å². The maximum Gasteiger partial charge on any atom is 0.337 e. The Balaban J connectivity index is 2.31. The van der Waals surface area contributed by atoms with Crippen molar-refractivity contribution in [2.75, 3.05) is 7.11 Å². The van der Waals surface area contributed by atoms with E-state index in [4.69, 9.17) is 21.1 Å². The minimum Gasteiger partial charge on any atom is -0.489 e. The summed E-state index contributed by atoms with van der Waals surface area (Å²) in [5.41, 5.74) is 1.11. The summed E-state index contributed by atoms with van der Waals surface area (Å²) < 4.78 is 12.1. The van der Waals surface area contributed by atoms with Crippen LogP contribution in [0, 0.1) is 0 Å². The number of benzene rings is 2. The van der Waals surface area contributed by atoms with Crippen molar-refractivity contribution in [2.24, 2.45) is 0 Å². The van der Waals surface area contributed by atoms with Gasteiger partial charge in [0, 0.05) is 0 Å². The SMILES string of the molecule is COC(=O)c1ccc(-n2c(CCl)nc3ccccc3c2=O)c(OC(C)C)c1. The van der Waals surface area contributed by atoms with Crippen LogP contribution in [-0.2, 0) is 10.6 Å². The van der Waals surface area contributed by atoms with Gasteiger partial charge in [-0.1, -0.05) is 12.1 Å². The second kappa shape index (κ2) is 7.80. The molecule has 0 amide bonds. The molecule has 1 heterocycles. The highest BCUT2D eigenvalue weighted by Gasteiger charge is 2.18. The highest BCUT2D eigenvalue weighted by atomic mass is 35.5. The molecule has 0 aliphatic carbocycles. The van der Waals surface area contributed by atoms with Gasteiger partial charge >= 0.3 is 5.97 Å². The van der Waals surface area contributed by atoms with Crippen molar-refractivity contribution in [3.63, 3.8) is 0 Å². The quantitative estimate of drug-likeness (QED) is 0.494. The summed E-state index contributed by atoms with van der Waals surface area (Å²) in [6, 6.07) is 11.8. The third-order valence-electron chi connectivity index (χ3n) is 3.95. The molecule has 2 aromatic carbocycles. The second-order valence-electron chi connectivity index (χ2n) is 6.16. The minimum absolute atomic E-state index is 0.0416. The first-order chi connectivity index (χ1) is 13.0. The molecule has 0 radical (unpaired) electrons. The maximum absolute atomic E-state index is 13.1. The Bertz CT molecular complexity index is 1060. The zero-order valence-electron chi connectivity index (χ0n) is 15.2. The van der Waals surface area contributed by atoms with Crippen LogP contribution in [0.1, 0.15) is 30.0 Å². The van der Waals surface area contributed by atoms with Crippen LogP contribution in [0.3, 0.4) is 0 Å². The number of halogens is 1. The van der Waals surface area contributed by atoms with E-state index >= 15 is 0 Å². The van der Waals surface area contributed by atoms with E-state index < -0.39 is 5.97 Å². The molecule has 3 rings (SSSR count). The molecule has 1 aromatic heterocycles. The number of carbonyl (C=O) groups is 1. The van der Waals surface area contributed by atoms with E-state index in [9.17, 15) is 9.59 Å². The van der Waals surface area contributed by atoms with Crippen LogP contribution in [0.2, 0.25) is 0 Å². The van der Waals surface area contributed by atoms with Crippen LogP contribution < -0.4 is 10.3 Å². The zero-order valence-corrected chi connectivity index (χ0v) is 16.0. The molecule has 3 aromatic rings. The summed E-state index contributed by atoms with van der Waals surface area (Å²) in [7, 11) is 1.31. The molecule has 0 bridgehead atoms. The van der Waals surface area contributed by atoms with Crippen LogP contribution in [-0.4, -0.2) is 28.7 Å². The molecule has 0 aliphatic rings. The highest BCUT2D eigenvalue weighted by molar-refractivity contribution is 6.16. The molecule has 0 unspecified atom stereocenters. The monoisotopic (exact) mass is 386 g/mol. The van der Waals surface area contributed by atoms with Crippen molar-refractivity contribution in [3.8, 4) is 11.4 Å². The average Bonchev–Trinajstić information content (AvgIpc) is 2.67. The number of alkyl halides is 1. The van der Waals surface area contributed by atoms with E-state index in [1.807, 2.05) is 19.9 Å². The maximum atomic E-state index is 13.1. The summed E-state index contributed by atoms with van der Waals surface area (Å²) in [4.78, 5) is 29.5. The van der Waals surface area contributed by atoms with Crippen molar-refractivity contribution in [2.45, 2.75) is 25.8 Å². The number of nitrogens with zero attached hydrogens (tertiary/aromatic N) is 2. The lowest BCUT2D eigenvalue weighted by Gasteiger charge is -2.18. The molecule has 0 aliphatic heterocycles. The van der Waals surface area contributed by atoms with Crippen molar-refractivity contribution in [1.29, 1.82) is 0 Å². The number of ether oxygens (including phenoxy) is 2. The van der Waals surface area contributed by atoms with Gasteiger partial charge in [-0.15, -0.1) is 11.6 Å². The predicted molar refractivity (Wildman–Crippen MR) is 104 cm³/mol. The number of rotatable bonds is 5. The Morgan fingerprint density at radius 1 is 1.22 bits per heavy atom. The fourth-order valence-corrected chi connectivity index (χ4v) is 2.99. The van der Waals surface area contributed by atoms with Gasteiger partial charge in [-0.2, -0.15) is 0 Å². The molecule has 0 saturated carbocycles. The summed E-state index contributed by atoms with van der Waals surface area (Å²) in [5, 5.41) is 0.471. The van der Waals surface area contributed by atoms with Gasteiger partial charge in [0.2, 0.25) is 0 Å². The van der Waals surface area contributed by atoms with E-state index in [1.165, 1.54) is 11.7 Å². The van der Waals surface area contributed by atoms with Gasteiger partial charge in [0.05, 0.1) is 41.2 Å². The first kappa shape index (κ1) is 18.9. The van der Waals surface area contributed by atoms with Gasteiger partial charge in [-0.05, 0) is 44.2 Å². The molecule has 27 heavy (non-hydrogen) atoms. The zero-order chi connectivity index (χ0) is 19.6. The standard InChI is InChI=1S/C20H19ClN2O4/c1-12(2)27-17-10-13(20(25)26-3)8-9-16(17)23-18(11-21)22-15-7-5-4-6-14(15)19(23)24/h4-10,12H,11H2,1-3H3. The average molecular weight is 387 g/mol. The number of hydrogen-bond donors (Lipinski definition) is 0. The molecular formula is C20H19ClN2O4. The fraction of sp³-hybridized carbons (Fsp3) is 0.250. The van der Waals surface area contributed by atoms with Gasteiger partial charge < -0.3 is 9.47 Å². The number of para-hydroxylation sites is 1. The molecule has 0 saturated heterocycles. The summed E-state index contributed by atoms with van der Waals surface area (Å²) in [6.07, 6.45) is -0.166. The summed E-state index contributed by atoms with van der Waals surface area (Å²) in [5.74, 6) is 0.315. The minimum atomic E-state index is -0.489. The van der Waals surface area contributed by atoms with E-state index in [-0.39, 0.29) is 17.5 Å². The van der Waals surface area contributed by atoms with Crippen LogP contribution in [0.5, 0.6) is 5.75 Å². The molecule has 0 spiro atoms. The first-order valence-electron chi connectivity index (χ1n) is 8.42. The van der Waals surface area contributed by atoms with Crippen LogP contribution >= 0.6 is 11.6 Å². The molecular weight excluding hydrogens is 368 g/mol. The molecule has 7 heteroatoms. The Kier molecular flexibility index (Phi) is 5.46. The molecule has 0 fully saturated rings. The predicted octanol–water partition coefficient (Wildman–Crippen LogP) is 3.70. The van der Waals surface area contributed by atoms with Crippen molar-refractivity contribution >= 4 is 28.5 Å². The molecule has 0 N–H and O–H groups in total. The van der Waals surface area contributed by atoms with Crippen molar-refractivity contribution < 1.29 is 14.3 Å². The van der Waals surface area contributed by atoms with Gasteiger partial charge in [-0.3, -0.25) is 9.36 Å². The number of fused-ring (bicyclic) bond motifs is 1. The van der Waals surface area contributed by atoms with E-state index in [2.05, 4.69) is 4.98 Å². The summed E-state index contributed by atoms with van der Waals surface area (Å²) in [6.45, 7) is 3.72. The third kappa shape index (κ3) is 3.66. The topological polar surface area (TPSA) is 70.4 Å². The Morgan fingerprint density at radius 3 is 2.63 bits per heavy atom. The van der Waals surface area contributed by atoms with Crippen LogP contribution in [0.4, 0.5) is 0 Å². The van der Waals surface area contributed by atoms with Gasteiger partial charge in [-0.25, -0.2) is 9.78 Å². The lowest BCUT2D eigenvalue weighted by atomic mass is 10.1. The number of hydrogen-bond acceptors (Lipinski definition) is 5. The first-order valence-corrected chi connectivity index (χ1v) is 8.95. The normalized spacial score (nSPS) is 11.0. The van der Waals surface area contributed by atoms with Gasteiger partial charge in [0.25, 0.3) is 5.56 Å². The summed E-state index contributed by atoms with van der Waals surface area (Å²) >= 11 is 6.08. The van der Waals surface area contributed by atoms with Crippen molar-refractivity contribution in [1.82, 2.24) is 9.55 Å². The number of aromatic nitrogens is 2.